The van der Waals surface area contributed by atoms with Gasteiger partial charge in [-0.1, -0.05) is 13.8 Å². The van der Waals surface area contributed by atoms with Gasteiger partial charge in [-0.2, -0.15) is 0 Å². The molecule has 0 radical (unpaired) electrons. The van der Waals surface area contributed by atoms with E-state index in [1.54, 1.807) is 19.1 Å². The molecule has 0 heterocycles. The molecular weight excluding hydrogens is 300 g/mol. The molecular formula is C17H22O6. The van der Waals surface area contributed by atoms with E-state index in [0.717, 1.165) is 5.56 Å². The van der Waals surface area contributed by atoms with Crippen LogP contribution in [0.3, 0.4) is 0 Å². The molecule has 0 aliphatic rings. The summed E-state index contributed by atoms with van der Waals surface area (Å²) in [7, 11) is 2.96. The highest BCUT2D eigenvalue weighted by atomic mass is 16.5. The molecule has 6 heteroatoms. The Balaban J connectivity index is 3.15. The molecule has 1 aromatic carbocycles. The minimum atomic E-state index is -1.00. The normalized spacial score (nSPS) is 10.3. The second-order valence-corrected chi connectivity index (χ2v) is 5.19. The van der Waals surface area contributed by atoms with E-state index in [1.165, 1.54) is 14.2 Å². The van der Waals surface area contributed by atoms with Gasteiger partial charge in [0.25, 0.3) is 0 Å². The standard InChI is InChI=1S/C17H22O6/c1-6-23-17(20)14(19)8-13(18)12-7-11(10(2)3)15(21-4)9-16(12)22-5/h7,9-10H,6,8H2,1-5H3. The monoisotopic (exact) mass is 322 g/mol. The first-order valence-electron chi connectivity index (χ1n) is 7.34. The van der Waals surface area contributed by atoms with Crippen molar-refractivity contribution >= 4 is 17.5 Å². The van der Waals surface area contributed by atoms with Crippen molar-refractivity contribution in [1.82, 2.24) is 0 Å². The number of Topliss-reactive ketones (excluding diaryl/α,β-unsaturated/α-hetero) is 2. The van der Waals surface area contributed by atoms with Crippen LogP contribution in [0.2, 0.25) is 0 Å². The van der Waals surface area contributed by atoms with E-state index < -0.39 is 24.0 Å². The van der Waals surface area contributed by atoms with Crippen LogP contribution in [0.25, 0.3) is 0 Å². The first-order valence-corrected chi connectivity index (χ1v) is 7.34. The first-order chi connectivity index (χ1) is 10.8. The number of carbonyl (C=O) groups is 3. The molecule has 126 valence electrons. The van der Waals surface area contributed by atoms with Crippen molar-refractivity contribution in [1.29, 1.82) is 0 Å². The minimum absolute atomic E-state index is 0.0854. The molecule has 0 bridgehead atoms. The lowest BCUT2D eigenvalue weighted by Crippen LogP contribution is -2.21. The minimum Gasteiger partial charge on any atom is -0.496 e. The summed E-state index contributed by atoms with van der Waals surface area (Å²) >= 11 is 0. The van der Waals surface area contributed by atoms with Crippen molar-refractivity contribution < 1.29 is 28.6 Å². The molecule has 0 atom stereocenters. The quantitative estimate of drug-likeness (QED) is 0.317. The number of carbonyl (C=O) groups excluding carboxylic acids is 3. The summed E-state index contributed by atoms with van der Waals surface area (Å²) in [6, 6.07) is 3.25. The molecule has 0 N–H and O–H groups in total. The number of rotatable bonds is 8. The Morgan fingerprint density at radius 3 is 2.13 bits per heavy atom. The SMILES string of the molecule is CCOC(=O)C(=O)CC(=O)c1cc(C(C)C)c(OC)cc1OC. The van der Waals surface area contributed by atoms with Crippen LogP contribution in [0.1, 0.15) is 49.0 Å². The number of methoxy groups -OCH3 is 2. The summed E-state index contributed by atoms with van der Waals surface area (Å²) in [6.07, 6.45) is -0.556. The highest BCUT2D eigenvalue weighted by molar-refractivity contribution is 6.38. The number of esters is 1. The predicted octanol–water partition coefficient (Wildman–Crippen LogP) is 2.53. The zero-order chi connectivity index (χ0) is 17.6. The van der Waals surface area contributed by atoms with Gasteiger partial charge in [-0.3, -0.25) is 9.59 Å². The molecule has 23 heavy (non-hydrogen) atoms. The molecule has 6 nitrogen and oxygen atoms in total. The highest BCUT2D eigenvalue weighted by Crippen LogP contribution is 2.34. The van der Waals surface area contributed by atoms with Crippen LogP contribution in [-0.2, 0) is 14.3 Å². The maximum absolute atomic E-state index is 12.4. The van der Waals surface area contributed by atoms with Crippen LogP contribution in [0, 0.1) is 0 Å². The molecule has 0 saturated heterocycles. The fourth-order valence-electron chi connectivity index (χ4n) is 2.12. The van der Waals surface area contributed by atoms with Gasteiger partial charge in [-0.15, -0.1) is 0 Å². The Morgan fingerprint density at radius 1 is 1.04 bits per heavy atom. The molecule has 0 spiro atoms. The summed E-state index contributed by atoms with van der Waals surface area (Å²) in [5, 5.41) is 0. The Hall–Kier alpha value is -2.37. The number of hydrogen-bond donors (Lipinski definition) is 0. The van der Waals surface area contributed by atoms with Gasteiger partial charge in [-0.25, -0.2) is 4.79 Å². The summed E-state index contributed by atoms with van der Waals surface area (Å²) in [6.45, 7) is 5.60. The Bertz CT molecular complexity index is 603. The molecule has 1 aromatic rings. The maximum Gasteiger partial charge on any atom is 0.375 e. The van der Waals surface area contributed by atoms with Crippen LogP contribution in [0.15, 0.2) is 12.1 Å². The van der Waals surface area contributed by atoms with Gasteiger partial charge in [0, 0.05) is 6.07 Å². The topological polar surface area (TPSA) is 78.9 Å². The molecule has 0 saturated carbocycles. The third-order valence-corrected chi connectivity index (χ3v) is 3.30. The predicted molar refractivity (Wildman–Crippen MR) is 84.2 cm³/mol. The lowest BCUT2D eigenvalue weighted by molar-refractivity contribution is -0.153. The molecule has 0 unspecified atom stereocenters. The van der Waals surface area contributed by atoms with E-state index in [-0.39, 0.29) is 18.1 Å². The van der Waals surface area contributed by atoms with E-state index in [2.05, 4.69) is 4.74 Å². The molecule has 0 aliphatic carbocycles. The molecule has 0 aromatic heterocycles. The smallest absolute Gasteiger partial charge is 0.375 e. The lowest BCUT2D eigenvalue weighted by atomic mass is 9.95. The van der Waals surface area contributed by atoms with Crippen LogP contribution in [0.5, 0.6) is 11.5 Å². The third-order valence-electron chi connectivity index (χ3n) is 3.30. The zero-order valence-corrected chi connectivity index (χ0v) is 14.1. The molecule has 0 amide bonds. The van der Waals surface area contributed by atoms with Gasteiger partial charge < -0.3 is 14.2 Å². The largest absolute Gasteiger partial charge is 0.496 e. The van der Waals surface area contributed by atoms with Gasteiger partial charge in [0.05, 0.1) is 32.8 Å². The molecule has 0 fully saturated rings. The highest BCUT2D eigenvalue weighted by Gasteiger charge is 2.24. The maximum atomic E-state index is 12.4. The number of ether oxygens (including phenoxy) is 3. The molecule has 0 aliphatic heterocycles. The first kappa shape index (κ1) is 18.7. The van der Waals surface area contributed by atoms with E-state index in [0.29, 0.717) is 11.5 Å². The van der Waals surface area contributed by atoms with Crippen molar-refractivity contribution in [3.8, 4) is 11.5 Å². The van der Waals surface area contributed by atoms with Crippen molar-refractivity contribution in [2.75, 3.05) is 20.8 Å². The van der Waals surface area contributed by atoms with Gasteiger partial charge in [0.15, 0.2) is 5.78 Å². The lowest BCUT2D eigenvalue weighted by Gasteiger charge is -2.16. The number of benzene rings is 1. The van der Waals surface area contributed by atoms with Crippen molar-refractivity contribution in [2.45, 2.75) is 33.1 Å². The number of ketones is 2. The summed E-state index contributed by atoms with van der Waals surface area (Å²) < 4.78 is 15.1. The Labute approximate surface area is 135 Å². The fourth-order valence-corrected chi connectivity index (χ4v) is 2.12. The summed E-state index contributed by atoms with van der Waals surface area (Å²) in [5.41, 5.74) is 1.06. The average Bonchev–Trinajstić information content (AvgIpc) is 2.53. The fraction of sp³-hybridized carbons (Fsp3) is 0.471. The van der Waals surface area contributed by atoms with Gasteiger partial charge >= 0.3 is 5.97 Å². The Kier molecular flexibility index (Phi) is 6.75. The van der Waals surface area contributed by atoms with Crippen LogP contribution < -0.4 is 9.47 Å². The van der Waals surface area contributed by atoms with Gasteiger partial charge in [-0.05, 0) is 24.5 Å². The van der Waals surface area contributed by atoms with Gasteiger partial charge in [0.1, 0.15) is 11.5 Å². The second-order valence-electron chi connectivity index (χ2n) is 5.19. The van der Waals surface area contributed by atoms with Crippen LogP contribution in [0.4, 0.5) is 0 Å². The molecule has 1 rings (SSSR count). The summed E-state index contributed by atoms with van der Waals surface area (Å²) in [5.74, 6) is -1.36. The van der Waals surface area contributed by atoms with Gasteiger partial charge in [0.2, 0.25) is 5.78 Å². The van der Waals surface area contributed by atoms with Crippen LogP contribution >= 0.6 is 0 Å². The van der Waals surface area contributed by atoms with Crippen LogP contribution in [-0.4, -0.2) is 38.4 Å². The second kappa shape index (κ2) is 8.31. The number of hydrogen-bond acceptors (Lipinski definition) is 6. The van der Waals surface area contributed by atoms with E-state index in [9.17, 15) is 14.4 Å². The van der Waals surface area contributed by atoms with Crippen molar-refractivity contribution in [3.05, 3.63) is 23.3 Å². The zero-order valence-electron chi connectivity index (χ0n) is 14.1. The van der Waals surface area contributed by atoms with E-state index in [1.807, 2.05) is 13.8 Å². The average molecular weight is 322 g/mol. The van der Waals surface area contributed by atoms with Crippen molar-refractivity contribution in [3.63, 3.8) is 0 Å². The van der Waals surface area contributed by atoms with E-state index >= 15 is 0 Å². The van der Waals surface area contributed by atoms with Crippen molar-refractivity contribution in [2.24, 2.45) is 0 Å². The summed E-state index contributed by atoms with van der Waals surface area (Å²) in [4.78, 5) is 35.4. The van der Waals surface area contributed by atoms with E-state index in [4.69, 9.17) is 9.47 Å². The Morgan fingerprint density at radius 2 is 1.65 bits per heavy atom. The third kappa shape index (κ3) is 4.55.